The Balaban J connectivity index is 1.13. The van der Waals surface area contributed by atoms with Crippen molar-refractivity contribution in [1.82, 2.24) is 25.1 Å². The Morgan fingerprint density at radius 2 is 1.87 bits per heavy atom. The van der Waals surface area contributed by atoms with Crippen molar-refractivity contribution in [3.05, 3.63) is 59.8 Å². The lowest BCUT2D eigenvalue weighted by molar-refractivity contribution is -0.160. The number of nitrogens with one attached hydrogen (secondary N) is 2. The first-order valence-electron chi connectivity index (χ1n) is 14.1. The average Bonchev–Trinajstić information content (AvgIpc) is 3.62. The zero-order chi connectivity index (χ0) is 27.4. The molecule has 0 radical (unpaired) electrons. The van der Waals surface area contributed by atoms with Crippen LogP contribution in [-0.4, -0.2) is 64.4 Å². The molecule has 3 amide bonds. The molecule has 206 valence electrons. The van der Waals surface area contributed by atoms with Crippen LogP contribution in [0.15, 0.2) is 43.1 Å². The number of hydrogen-bond acceptors (Lipinski definition) is 6. The van der Waals surface area contributed by atoms with Crippen molar-refractivity contribution in [1.29, 1.82) is 0 Å². The maximum atomic E-state index is 12.2. The molecule has 0 bridgehead atoms. The number of amides is 3. The lowest BCUT2D eigenvalue weighted by Crippen LogP contribution is -2.73. The van der Waals surface area contributed by atoms with Crippen molar-refractivity contribution in [2.24, 2.45) is 10.8 Å². The number of benzene rings is 1. The molecule has 4 heterocycles. The monoisotopic (exact) mass is 529 g/mol. The molecule has 9 nitrogen and oxygen atoms in total. The first kappa shape index (κ1) is 25.8. The summed E-state index contributed by atoms with van der Waals surface area (Å²) < 4.78 is 0. The molecule has 2 aromatic rings. The van der Waals surface area contributed by atoms with Gasteiger partial charge in [0.25, 0.3) is 0 Å². The highest BCUT2D eigenvalue weighted by Crippen LogP contribution is 2.54. The van der Waals surface area contributed by atoms with Crippen LogP contribution in [0.2, 0.25) is 0 Å². The van der Waals surface area contributed by atoms with Crippen LogP contribution in [0.3, 0.4) is 0 Å². The molecule has 39 heavy (non-hydrogen) atoms. The summed E-state index contributed by atoms with van der Waals surface area (Å²) in [6.45, 7) is 14.9. The maximum Gasteiger partial charge on any atom is 0.323 e. The van der Waals surface area contributed by atoms with Crippen molar-refractivity contribution in [3.8, 4) is 0 Å². The van der Waals surface area contributed by atoms with E-state index in [4.69, 9.17) is 0 Å². The van der Waals surface area contributed by atoms with Gasteiger partial charge in [-0.2, -0.15) is 4.98 Å². The van der Waals surface area contributed by atoms with Gasteiger partial charge >= 0.3 is 6.03 Å². The molecule has 2 saturated heterocycles. The Morgan fingerprint density at radius 1 is 1.18 bits per heavy atom. The van der Waals surface area contributed by atoms with E-state index in [9.17, 15) is 9.59 Å². The summed E-state index contributed by atoms with van der Waals surface area (Å²) in [6.07, 6.45) is 7.01. The fourth-order valence-electron chi connectivity index (χ4n) is 6.39. The van der Waals surface area contributed by atoms with E-state index in [2.05, 4.69) is 70.2 Å². The van der Waals surface area contributed by atoms with Crippen LogP contribution < -0.4 is 15.5 Å². The van der Waals surface area contributed by atoms with Gasteiger partial charge in [-0.25, -0.2) is 9.78 Å². The topological polar surface area (TPSA) is 93.7 Å². The molecule has 9 heteroatoms. The number of likely N-dealkylation sites (tertiary alicyclic amines) is 2. The third-order valence-electron chi connectivity index (χ3n) is 9.10. The molecule has 2 atom stereocenters. The Kier molecular flexibility index (Phi) is 6.37. The highest BCUT2D eigenvalue weighted by molar-refractivity contribution is 5.93. The number of anilines is 2. The number of aromatic nitrogens is 2. The Morgan fingerprint density at radius 3 is 2.51 bits per heavy atom. The number of nitrogens with zero attached hydrogens (tertiary/aromatic N) is 5. The molecule has 1 unspecified atom stereocenters. The first-order valence-corrected chi connectivity index (χ1v) is 14.1. The molecule has 4 aliphatic rings. The average molecular weight is 530 g/mol. The normalized spacial score (nSPS) is 22.2. The smallest absolute Gasteiger partial charge is 0.323 e. The standard InChI is InChI=1S/C30H39N7O2/c1-5-25(38)36-18-30(19-36)16-35(17-30)24(13-29(4)11-12-29)22-9-7-21(8-10-22)20(3)33-27-31-14-23-15-32-28(39)37(6-2)26(23)34-27/h5,7-10,14,20,24H,1,6,11-13,15-19H2,2-4H3,(H,32,39)(H,31,33,34)/t20-,24?/m0/s1. The molecule has 6 rings (SSSR count). The third-order valence-corrected chi connectivity index (χ3v) is 9.10. The summed E-state index contributed by atoms with van der Waals surface area (Å²) in [6, 6.07) is 9.27. The molecule has 1 aromatic heterocycles. The second kappa shape index (κ2) is 9.62. The zero-order valence-electron chi connectivity index (χ0n) is 23.2. The van der Waals surface area contributed by atoms with Crippen LogP contribution in [0.4, 0.5) is 16.6 Å². The van der Waals surface area contributed by atoms with E-state index in [-0.39, 0.29) is 23.4 Å². The van der Waals surface area contributed by atoms with Crippen molar-refractivity contribution < 1.29 is 9.59 Å². The second-order valence-corrected chi connectivity index (χ2v) is 12.3. The van der Waals surface area contributed by atoms with E-state index in [1.807, 2.05) is 11.8 Å². The lowest BCUT2D eigenvalue weighted by Gasteiger charge is -2.62. The molecule has 1 aliphatic carbocycles. The summed E-state index contributed by atoms with van der Waals surface area (Å²) in [5.41, 5.74) is 4.16. The van der Waals surface area contributed by atoms with Gasteiger partial charge in [-0.05, 0) is 55.7 Å². The van der Waals surface area contributed by atoms with E-state index < -0.39 is 0 Å². The van der Waals surface area contributed by atoms with Gasteiger partial charge in [0.05, 0.1) is 6.04 Å². The minimum absolute atomic E-state index is 0.0135. The van der Waals surface area contributed by atoms with E-state index in [0.29, 0.717) is 36.3 Å². The largest absolute Gasteiger partial charge is 0.348 e. The van der Waals surface area contributed by atoms with Gasteiger partial charge in [-0.15, -0.1) is 0 Å². The second-order valence-electron chi connectivity index (χ2n) is 12.3. The van der Waals surface area contributed by atoms with Crippen LogP contribution in [0.5, 0.6) is 0 Å². The lowest BCUT2D eigenvalue weighted by atomic mass is 9.71. The van der Waals surface area contributed by atoms with Crippen molar-refractivity contribution in [3.63, 3.8) is 0 Å². The number of urea groups is 1. The van der Waals surface area contributed by atoms with Gasteiger partial charge in [0.1, 0.15) is 5.82 Å². The molecular weight excluding hydrogens is 490 g/mol. The quantitative estimate of drug-likeness (QED) is 0.472. The van der Waals surface area contributed by atoms with Gasteiger partial charge in [-0.1, -0.05) is 37.8 Å². The number of hydrogen-bond donors (Lipinski definition) is 2. The van der Waals surface area contributed by atoms with E-state index in [1.54, 1.807) is 11.1 Å². The molecule has 3 fully saturated rings. The molecule has 2 N–H and O–H groups in total. The third kappa shape index (κ3) is 4.88. The summed E-state index contributed by atoms with van der Waals surface area (Å²) in [7, 11) is 0. The minimum Gasteiger partial charge on any atom is -0.348 e. The summed E-state index contributed by atoms with van der Waals surface area (Å²) >= 11 is 0. The van der Waals surface area contributed by atoms with Gasteiger partial charge in [0.15, 0.2) is 0 Å². The summed E-state index contributed by atoms with van der Waals surface area (Å²) in [5, 5.41) is 6.28. The fourth-order valence-corrected chi connectivity index (χ4v) is 6.39. The summed E-state index contributed by atoms with van der Waals surface area (Å²) in [4.78, 5) is 39.5. The van der Waals surface area contributed by atoms with Gasteiger partial charge in [0.2, 0.25) is 11.9 Å². The maximum absolute atomic E-state index is 12.2. The van der Waals surface area contributed by atoms with Crippen molar-refractivity contribution >= 4 is 23.7 Å². The predicted octanol–water partition coefficient (Wildman–Crippen LogP) is 4.26. The predicted molar refractivity (Wildman–Crippen MR) is 151 cm³/mol. The van der Waals surface area contributed by atoms with E-state index >= 15 is 0 Å². The van der Waals surface area contributed by atoms with Crippen LogP contribution >= 0.6 is 0 Å². The highest BCUT2D eigenvalue weighted by atomic mass is 16.2. The fraction of sp³-hybridized carbons (Fsp3) is 0.533. The highest BCUT2D eigenvalue weighted by Gasteiger charge is 2.55. The molecule has 1 saturated carbocycles. The van der Waals surface area contributed by atoms with Gasteiger partial charge < -0.3 is 15.5 Å². The Hall–Kier alpha value is -3.46. The van der Waals surface area contributed by atoms with Crippen molar-refractivity contribution in [2.75, 3.05) is 42.9 Å². The van der Waals surface area contributed by atoms with Gasteiger partial charge in [0, 0.05) is 62.5 Å². The molecule has 1 spiro atoms. The summed E-state index contributed by atoms with van der Waals surface area (Å²) in [5.74, 6) is 1.25. The Labute approximate surface area is 230 Å². The molecule has 1 aromatic carbocycles. The van der Waals surface area contributed by atoms with Crippen LogP contribution in [0, 0.1) is 10.8 Å². The Bertz CT molecular complexity index is 1270. The van der Waals surface area contributed by atoms with Gasteiger partial charge in [-0.3, -0.25) is 14.6 Å². The molecular formula is C30H39N7O2. The van der Waals surface area contributed by atoms with E-state index in [0.717, 1.165) is 31.7 Å². The number of rotatable bonds is 9. The first-order chi connectivity index (χ1) is 18.7. The molecule has 3 aliphatic heterocycles. The minimum atomic E-state index is -0.124. The SMILES string of the molecule is C=CC(=O)N1CC2(C1)CN(C(CC1(C)CC1)c1ccc([C@H](C)Nc3ncc4c(n3)N(CC)C(=O)NC4)cc1)C2. The zero-order valence-corrected chi connectivity index (χ0v) is 23.2. The van der Waals surface area contributed by atoms with Crippen LogP contribution in [0.25, 0.3) is 0 Å². The number of carbonyl (C=O) groups is 2. The number of carbonyl (C=O) groups excluding carboxylic acids is 2. The number of fused-ring (bicyclic) bond motifs is 1. The van der Waals surface area contributed by atoms with Crippen LogP contribution in [0.1, 0.15) is 68.8 Å². The van der Waals surface area contributed by atoms with Crippen molar-refractivity contribution in [2.45, 2.75) is 58.7 Å². The van der Waals surface area contributed by atoms with E-state index in [1.165, 1.54) is 36.5 Å². The van der Waals surface area contributed by atoms with Crippen LogP contribution in [-0.2, 0) is 11.3 Å².